The van der Waals surface area contributed by atoms with Gasteiger partial charge in [-0.05, 0) is 38.7 Å². The average Bonchev–Trinajstić information content (AvgIpc) is 3.20. The first kappa shape index (κ1) is 15.9. The fourth-order valence-electron chi connectivity index (χ4n) is 3.11. The van der Waals surface area contributed by atoms with Gasteiger partial charge in [0.2, 0.25) is 0 Å². The lowest BCUT2D eigenvalue weighted by Crippen LogP contribution is -2.21. The fourth-order valence-corrected chi connectivity index (χ4v) is 3.11. The summed E-state index contributed by atoms with van der Waals surface area (Å²) in [5.41, 5.74) is 4.72. The molecule has 23 heavy (non-hydrogen) atoms. The molecule has 2 aromatic heterocycles. The Balaban J connectivity index is 1.57. The Hall–Kier alpha value is -1.95. The minimum Gasteiger partial charge on any atom is -0.381 e. The predicted octanol–water partition coefficient (Wildman–Crippen LogP) is 2.39. The van der Waals surface area contributed by atoms with Crippen LogP contribution in [0.25, 0.3) is 0 Å². The van der Waals surface area contributed by atoms with Gasteiger partial charge in [-0.2, -0.15) is 5.10 Å². The number of hydrogen-bond acceptors (Lipinski definition) is 5. The van der Waals surface area contributed by atoms with E-state index in [1.165, 1.54) is 11.3 Å². The lowest BCUT2D eigenvalue weighted by molar-refractivity contribution is 0.193. The second-order valence-corrected chi connectivity index (χ2v) is 6.30. The quantitative estimate of drug-likeness (QED) is 0.886. The van der Waals surface area contributed by atoms with Crippen molar-refractivity contribution in [2.45, 2.75) is 39.0 Å². The van der Waals surface area contributed by atoms with Gasteiger partial charge in [-0.15, -0.1) is 0 Å². The molecule has 1 saturated heterocycles. The number of rotatable bonds is 6. The molecule has 1 atom stereocenters. The average molecular weight is 315 g/mol. The van der Waals surface area contributed by atoms with Crippen molar-refractivity contribution in [2.24, 2.45) is 0 Å². The molecule has 0 saturated carbocycles. The van der Waals surface area contributed by atoms with Crippen molar-refractivity contribution in [2.75, 3.05) is 31.7 Å². The molecule has 1 N–H and O–H groups in total. The third-order valence-corrected chi connectivity index (χ3v) is 4.61. The molecule has 3 rings (SSSR count). The lowest BCUT2D eigenvalue weighted by atomic mass is 10.0. The molecule has 3 heterocycles. The Morgan fingerprint density at radius 3 is 2.91 bits per heavy atom. The van der Waals surface area contributed by atoms with Crippen LogP contribution in [-0.2, 0) is 11.2 Å². The first-order valence-corrected chi connectivity index (χ1v) is 8.26. The number of nitrogens with one attached hydrogen (secondary N) is 1. The van der Waals surface area contributed by atoms with E-state index in [4.69, 9.17) is 4.74 Å². The number of H-pyrrole nitrogens is 1. The van der Waals surface area contributed by atoms with Crippen LogP contribution in [0.1, 0.15) is 41.4 Å². The summed E-state index contributed by atoms with van der Waals surface area (Å²) < 4.78 is 5.46. The summed E-state index contributed by atoms with van der Waals surface area (Å²) in [6.45, 7) is 6.71. The van der Waals surface area contributed by atoms with E-state index in [9.17, 15) is 0 Å². The van der Waals surface area contributed by atoms with Crippen LogP contribution >= 0.6 is 0 Å². The number of aryl methyl sites for hydroxylation is 2. The van der Waals surface area contributed by atoms with Crippen molar-refractivity contribution >= 4 is 5.82 Å². The number of nitrogens with zero attached hydrogens (tertiary/aromatic N) is 4. The van der Waals surface area contributed by atoms with Crippen molar-refractivity contribution in [3.63, 3.8) is 0 Å². The third kappa shape index (κ3) is 3.69. The number of ether oxygens (including phenoxy) is 1. The van der Waals surface area contributed by atoms with Crippen molar-refractivity contribution in [1.29, 1.82) is 0 Å². The summed E-state index contributed by atoms with van der Waals surface area (Å²) in [7, 11) is 2.09. The minimum absolute atomic E-state index is 0.418. The van der Waals surface area contributed by atoms with Gasteiger partial charge in [-0.3, -0.25) is 5.10 Å². The van der Waals surface area contributed by atoms with Crippen molar-refractivity contribution in [3.8, 4) is 0 Å². The molecule has 1 aliphatic rings. The molecule has 0 spiro atoms. The van der Waals surface area contributed by atoms with E-state index in [0.717, 1.165) is 56.2 Å². The molecular formula is C17H25N5O. The highest BCUT2D eigenvalue weighted by atomic mass is 16.5. The van der Waals surface area contributed by atoms with Crippen molar-refractivity contribution in [3.05, 3.63) is 35.0 Å². The number of anilines is 1. The van der Waals surface area contributed by atoms with Gasteiger partial charge in [0.25, 0.3) is 0 Å². The molecule has 124 valence electrons. The standard InChI is InChI=1S/C17H25N5O/c1-12-15(13(2)21-20-12)5-4-7-22(3)17-9-16(18-11-19-17)14-6-8-23-10-14/h9,11,14H,4-8,10H2,1-3H3,(H,20,21)/t14-/m1/s1. The summed E-state index contributed by atoms with van der Waals surface area (Å²) in [5, 5.41) is 7.31. The monoisotopic (exact) mass is 315 g/mol. The van der Waals surface area contributed by atoms with Crippen LogP contribution in [0.15, 0.2) is 12.4 Å². The minimum atomic E-state index is 0.418. The molecule has 0 amide bonds. The van der Waals surface area contributed by atoms with E-state index >= 15 is 0 Å². The number of hydrogen-bond donors (Lipinski definition) is 1. The van der Waals surface area contributed by atoms with Gasteiger partial charge in [0, 0.05) is 37.9 Å². The molecule has 0 bridgehead atoms. The van der Waals surface area contributed by atoms with Crippen LogP contribution in [0.3, 0.4) is 0 Å². The normalized spacial score (nSPS) is 17.6. The highest BCUT2D eigenvalue weighted by Crippen LogP contribution is 2.25. The van der Waals surface area contributed by atoms with Gasteiger partial charge >= 0.3 is 0 Å². The summed E-state index contributed by atoms with van der Waals surface area (Å²) in [6.07, 6.45) is 4.83. The first-order valence-electron chi connectivity index (χ1n) is 8.26. The second-order valence-electron chi connectivity index (χ2n) is 6.30. The van der Waals surface area contributed by atoms with Gasteiger partial charge in [-0.25, -0.2) is 9.97 Å². The zero-order valence-electron chi connectivity index (χ0n) is 14.2. The molecule has 6 heteroatoms. The third-order valence-electron chi connectivity index (χ3n) is 4.61. The molecular weight excluding hydrogens is 290 g/mol. The molecule has 6 nitrogen and oxygen atoms in total. The van der Waals surface area contributed by atoms with E-state index in [1.807, 2.05) is 0 Å². The number of aromatic amines is 1. The van der Waals surface area contributed by atoms with Crippen LogP contribution in [0.5, 0.6) is 0 Å². The summed E-state index contributed by atoms with van der Waals surface area (Å²) in [5.74, 6) is 1.41. The Labute approximate surface area is 137 Å². The van der Waals surface area contributed by atoms with Gasteiger partial charge < -0.3 is 9.64 Å². The SMILES string of the molecule is Cc1n[nH]c(C)c1CCCN(C)c1cc([C@@H]2CCOC2)ncn1. The van der Waals surface area contributed by atoms with Gasteiger partial charge in [0.05, 0.1) is 18.0 Å². The topological polar surface area (TPSA) is 66.9 Å². The summed E-state index contributed by atoms with van der Waals surface area (Å²) in [4.78, 5) is 11.0. The second kappa shape index (κ2) is 7.08. The van der Waals surface area contributed by atoms with Crippen molar-refractivity contribution < 1.29 is 4.74 Å². The van der Waals surface area contributed by atoms with Crippen LogP contribution in [0.2, 0.25) is 0 Å². The highest BCUT2D eigenvalue weighted by molar-refractivity contribution is 5.38. The van der Waals surface area contributed by atoms with Crippen LogP contribution in [0, 0.1) is 13.8 Å². The van der Waals surface area contributed by atoms with Crippen LogP contribution in [0.4, 0.5) is 5.82 Å². The van der Waals surface area contributed by atoms with E-state index in [0.29, 0.717) is 5.92 Å². The summed E-state index contributed by atoms with van der Waals surface area (Å²) >= 11 is 0. The zero-order chi connectivity index (χ0) is 16.2. The largest absolute Gasteiger partial charge is 0.381 e. The van der Waals surface area contributed by atoms with Crippen LogP contribution in [-0.4, -0.2) is 47.0 Å². The Morgan fingerprint density at radius 1 is 1.35 bits per heavy atom. The van der Waals surface area contributed by atoms with E-state index in [2.05, 4.69) is 52.0 Å². The van der Waals surface area contributed by atoms with E-state index in [1.54, 1.807) is 6.33 Å². The zero-order valence-corrected chi connectivity index (χ0v) is 14.2. The van der Waals surface area contributed by atoms with Gasteiger partial charge in [0.15, 0.2) is 0 Å². The first-order chi connectivity index (χ1) is 11.1. The van der Waals surface area contributed by atoms with Crippen LogP contribution < -0.4 is 4.90 Å². The Bertz CT molecular complexity index is 629. The maximum Gasteiger partial charge on any atom is 0.131 e. The molecule has 1 aliphatic heterocycles. The Kier molecular flexibility index (Phi) is 4.91. The molecule has 0 aliphatic carbocycles. The highest BCUT2D eigenvalue weighted by Gasteiger charge is 2.20. The summed E-state index contributed by atoms with van der Waals surface area (Å²) in [6, 6.07) is 2.10. The van der Waals surface area contributed by atoms with Gasteiger partial charge in [0.1, 0.15) is 12.1 Å². The molecule has 2 aromatic rings. The molecule has 1 fully saturated rings. The Morgan fingerprint density at radius 2 is 2.22 bits per heavy atom. The van der Waals surface area contributed by atoms with E-state index in [-0.39, 0.29) is 0 Å². The van der Waals surface area contributed by atoms with Crippen molar-refractivity contribution in [1.82, 2.24) is 20.2 Å². The maximum atomic E-state index is 5.46. The molecule has 0 unspecified atom stereocenters. The smallest absolute Gasteiger partial charge is 0.131 e. The predicted molar refractivity (Wildman–Crippen MR) is 89.9 cm³/mol. The fraction of sp³-hybridized carbons (Fsp3) is 0.588. The van der Waals surface area contributed by atoms with E-state index < -0.39 is 0 Å². The molecule has 0 radical (unpaired) electrons. The maximum absolute atomic E-state index is 5.46. The number of aromatic nitrogens is 4. The lowest BCUT2D eigenvalue weighted by Gasteiger charge is -2.19. The molecule has 0 aromatic carbocycles. The van der Waals surface area contributed by atoms with Gasteiger partial charge in [-0.1, -0.05) is 0 Å².